The van der Waals surface area contributed by atoms with Crippen LogP contribution in [0.4, 0.5) is 0 Å². The maximum Gasteiger partial charge on any atom is 0.265 e. The summed E-state index contributed by atoms with van der Waals surface area (Å²) in [6.07, 6.45) is 5.29. The Balaban J connectivity index is 1.57. The third-order valence-corrected chi connectivity index (χ3v) is 9.22. The number of fused-ring (bicyclic) bond motifs is 4. The minimum absolute atomic E-state index is 0.0671. The highest BCUT2D eigenvalue weighted by molar-refractivity contribution is 8.00. The lowest BCUT2D eigenvalue weighted by Crippen LogP contribution is -2.49. The number of Topliss-reactive ketones (excluding diaryl/α,β-unsaturated/α-hetero) is 1. The molecule has 7 heteroatoms. The molecule has 2 aliphatic rings. The van der Waals surface area contributed by atoms with Crippen LogP contribution in [-0.4, -0.2) is 25.7 Å². The Morgan fingerprint density at radius 3 is 2.47 bits per heavy atom. The Bertz CT molecular complexity index is 1450. The van der Waals surface area contributed by atoms with Gasteiger partial charge in [0.25, 0.3) is 5.56 Å². The van der Waals surface area contributed by atoms with Crippen molar-refractivity contribution >= 4 is 39.1 Å². The first kappa shape index (κ1) is 21.8. The second-order valence-electron chi connectivity index (χ2n) is 9.00. The lowest BCUT2D eigenvalue weighted by Gasteiger charge is -2.38. The molecule has 1 N–H and O–H groups in total. The SMILES string of the molecule is O=C(c1ccccc1)C1CC(O)(c2ccccc2)n2c(nc3sc4c(c3c2=O)CCCCC4)S1. The highest BCUT2D eigenvalue weighted by Gasteiger charge is 2.45. The van der Waals surface area contributed by atoms with E-state index in [1.807, 2.05) is 48.5 Å². The third-order valence-electron chi connectivity index (χ3n) is 6.88. The summed E-state index contributed by atoms with van der Waals surface area (Å²) >= 11 is 2.88. The van der Waals surface area contributed by atoms with Gasteiger partial charge in [-0.1, -0.05) is 78.8 Å². The van der Waals surface area contributed by atoms with Crippen LogP contribution >= 0.6 is 23.1 Å². The van der Waals surface area contributed by atoms with E-state index in [1.165, 1.54) is 21.2 Å². The lowest BCUT2D eigenvalue weighted by atomic mass is 9.93. The topological polar surface area (TPSA) is 72.2 Å². The summed E-state index contributed by atoms with van der Waals surface area (Å²) < 4.78 is 1.45. The number of thioether (sulfide) groups is 1. The fourth-order valence-electron chi connectivity index (χ4n) is 5.17. The largest absolute Gasteiger partial charge is 0.366 e. The third kappa shape index (κ3) is 3.45. The van der Waals surface area contributed by atoms with Gasteiger partial charge >= 0.3 is 0 Å². The van der Waals surface area contributed by atoms with Gasteiger partial charge < -0.3 is 5.11 Å². The van der Waals surface area contributed by atoms with Gasteiger partial charge in [0.15, 0.2) is 16.7 Å². The lowest BCUT2D eigenvalue weighted by molar-refractivity contribution is -0.0187. The van der Waals surface area contributed by atoms with Gasteiger partial charge in [0, 0.05) is 22.4 Å². The van der Waals surface area contributed by atoms with Crippen LogP contribution in [0.25, 0.3) is 10.2 Å². The summed E-state index contributed by atoms with van der Waals surface area (Å²) in [5.74, 6) is -0.0671. The van der Waals surface area contributed by atoms with Crippen molar-refractivity contribution in [2.75, 3.05) is 0 Å². The molecule has 2 aromatic heterocycles. The number of ketones is 1. The fraction of sp³-hybridized carbons (Fsp3) is 0.296. The molecule has 34 heavy (non-hydrogen) atoms. The average Bonchev–Trinajstić information content (AvgIpc) is 3.05. The van der Waals surface area contributed by atoms with Crippen molar-refractivity contribution in [2.45, 2.75) is 54.7 Å². The molecule has 4 aromatic rings. The highest BCUT2D eigenvalue weighted by Crippen LogP contribution is 2.44. The molecular weight excluding hydrogens is 464 g/mol. The van der Waals surface area contributed by atoms with Crippen LogP contribution in [0.3, 0.4) is 0 Å². The minimum Gasteiger partial charge on any atom is -0.366 e. The maximum absolute atomic E-state index is 14.0. The summed E-state index contributed by atoms with van der Waals surface area (Å²) in [6, 6.07) is 18.3. The Kier molecular flexibility index (Phi) is 5.43. The first-order valence-corrected chi connectivity index (χ1v) is 13.4. The van der Waals surface area contributed by atoms with Crippen molar-refractivity contribution in [3.05, 3.63) is 92.6 Å². The number of hydrogen-bond acceptors (Lipinski definition) is 6. The van der Waals surface area contributed by atoms with Gasteiger partial charge in [-0.2, -0.15) is 0 Å². The maximum atomic E-state index is 14.0. The van der Waals surface area contributed by atoms with Crippen LogP contribution in [0, 0.1) is 0 Å². The molecule has 2 atom stereocenters. The molecule has 0 saturated heterocycles. The zero-order valence-electron chi connectivity index (χ0n) is 18.6. The fourth-order valence-corrected chi connectivity index (χ4v) is 7.78. The minimum atomic E-state index is -1.66. The summed E-state index contributed by atoms with van der Waals surface area (Å²) in [7, 11) is 0. The van der Waals surface area contributed by atoms with E-state index in [2.05, 4.69) is 0 Å². The second kappa shape index (κ2) is 8.48. The molecule has 1 aliphatic heterocycles. The predicted octanol–water partition coefficient (Wildman–Crippen LogP) is 5.17. The Labute approximate surface area is 205 Å². The predicted molar refractivity (Wildman–Crippen MR) is 136 cm³/mol. The van der Waals surface area contributed by atoms with Crippen LogP contribution in [0.1, 0.15) is 52.0 Å². The Morgan fingerprint density at radius 2 is 1.71 bits per heavy atom. The van der Waals surface area contributed by atoms with E-state index in [4.69, 9.17) is 4.98 Å². The van der Waals surface area contributed by atoms with E-state index in [0.29, 0.717) is 21.7 Å². The smallest absolute Gasteiger partial charge is 0.265 e. The number of thiophene rings is 1. The van der Waals surface area contributed by atoms with E-state index < -0.39 is 11.0 Å². The summed E-state index contributed by atoms with van der Waals surface area (Å²) in [4.78, 5) is 34.3. The van der Waals surface area contributed by atoms with Crippen molar-refractivity contribution in [2.24, 2.45) is 0 Å². The molecule has 0 amide bonds. The monoisotopic (exact) mass is 488 g/mol. The molecule has 0 spiro atoms. The van der Waals surface area contributed by atoms with Gasteiger partial charge in [-0.05, 0) is 31.2 Å². The molecular formula is C27H24N2O3S2. The molecule has 0 fully saturated rings. The summed E-state index contributed by atoms with van der Waals surface area (Å²) in [5, 5.41) is 12.6. The van der Waals surface area contributed by atoms with Gasteiger partial charge in [0.2, 0.25) is 0 Å². The number of carbonyl (C=O) groups excluding carboxylic acids is 1. The number of rotatable bonds is 3. The van der Waals surface area contributed by atoms with Crippen LogP contribution in [0.15, 0.2) is 70.6 Å². The normalized spacial score (nSPS) is 22.1. The van der Waals surface area contributed by atoms with Crippen molar-refractivity contribution < 1.29 is 9.90 Å². The first-order valence-electron chi connectivity index (χ1n) is 11.7. The highest BCUT2D eigenvalue weighted by atomic mass is 32.2. The molecule has 5 nitrogen and oxygen atoms in total. The van der Waals surface area contributed by atoms with Crippen LogP contribution in [-0.2, 0) is 18.6 Å². The number of aliphatic hydroxyl groups is 1. The molecule has 0 bridgehead atoms. The van der Waals surface area contributed by atoms with Gasteiger partial charge in [-0.3, -0.25) is 14.2 Å². The first-order chi connectivity index (χ1) is 16.6. The number of aryl methyl sites for hydroxylation is 2. The number of nitrogens with zero attached hydrogens (tertiary/aromatic N) is 2. The van der Waals surface area contributed by atoms with E-state index >= 15 is 0 Å². The van der Waals surface area contributed by atoms with Crippen molar-refractivity contribution in [1.29, 1.82) is 0 Å². The Hall–Kier alpha value is -2.74. The standard InChI is InChI=1S/C27H24N2O3S2/c30-23(17-10-4-1-5-11-17)21-16-27(32,18-12-6-2-7-13-18)29-25(31)22-19-14-8-3-9-15-20(19)33-24(22)28-26(29)34-21/h1-2,4-7,10-13,21,32H,3,8-9,14-16H2. The summed E-state index contributed by atoms with van der Waals surface area (Å²) in [5.41, 5.74) is 0.425. The van der Waals surface area contributed by atoms with E-state index in [-0.39, 0.29) is 17.8 Å². The van der Waals surface area contributed by atoms with Crippen molar-refractivity contribution in [3.8, 4) is 0 Å². The molecule has 2 unspecified atom stereocenters. The molecule has 3 heterocycles. The second-order valence-corrected chi connectivity index (χ2v) is 11.3. The number of hydrogen-bond donors (Lipinski definition) is 1. The quantitative estimate of drug-likeness (QED) is 0.245. The average molecular weight is 489 g/mol. The van der Waals surface area contributed by atoms with Gasteiger partial charge in [0.1, 0.15) is 4.83 Å². The molecule has 0 saturated carbocycles. The van der Waals surface area contributed by atoms with Crippen molar-refractivity contribution in [1.82, 2.24) is 9.55 Å². The molecule has 172 valence electrons. The van der Waals surface area contributed by atoms with Gasteiger partial charge in [-0.15, -0.1) is 11.3 Å². The van der Waals surface area contributed by atoms with Crippen molar-refractivity contribution in [3.63, 3.8) is 0 Å². The van der Waals surface area contributed by atoms with Gasteiger partial charge in [-0.25, -0.2) is 4.98 Å². The summed E-state index contributed by atoms with van der Waals surface area (Å²) in [6.45, 7) is 0. The number of benzene rings is 2. The van der Waals surface area contributed by atoms with Crippen LogP contribution in [0.5, 0.6) is 0 Å². The Morgan fingerprint density at radius 1 is 1.00 bits per heavy atom. The molecule has 0 radical (unpaired) electrons. The van der Waals surface area contributed by atoms with E-state index in [9.17, 15) is 14.7 Å². The van der Waals surface area contributed by atoms with E-state index in [0.717, 1.165) is 42.5 Å². The zero-order valence-corrected chi connectivity index (χ0v) is 20.2. The van der Waals surface area contributed by atoms with E-state index in [1.54, 1.807) is 23.5 Å². The van der Waals surface area contributed by atoms with Gasteiger partial charge in [0.05, 0.1) is 10.6 Å². The zero-order chi connectivity index (χ0) is 23.3. The van der Waals surface area contributed by atoms with Crippen LogP contribution in [0.2, 0.25) is 0 Å². The number of aromatic nitrogens is 2. The number of carbonyl (C=O) groups is 1. The molecule has 1 aliphatic carbocycles. The van der Waals surface area contributed by atoms with Crippen LogP contribution < -0.4 is 5.56 Å². The molecule has 6 rings (SSSR count). The molecule has 2 aromatic carbocycles.